The number of hydrogen-bond donors (Lipinski definition) is 0. The van der Waals surface area contributed by atoms with Gasteiger partial charge in [-0.15, -0.1) is 0 Å². The monoisotopic (exact) mass is 480 g/mol. The second kappa shape index (κ2) is 10.8. The molecule has 1 saturated heterocycles. The van der Waals surface area contributed by atoms with E-state index in [0.717, 1.165) is 28.4 Å². The molecule has 1 amide bonds. The molecule has 0 atom stereocenters. The number of halogens is 1. The molecule has 1 fully saturated rings. The maximum Gasteiger partial charge on any atom is 0.308 e. The van der Waals surface area contributed by atoms with Gasteiger partial charge in [0, 0.05) is 35.9 Å². The standard InChI is InChI=1S/C27H29ClN2O4/c1-33-24-11-7-22(8-12-24)30-23(9-13-25(30)19-3-5-21(28)6-4-19)10-14-26(31)29-17-15-20(16-18-29)27(32)34-2/h3-9,11-13,20H,10,14-18H2,1-2H3. The summed E-state index contributed by atoms with van der Waals surface area (Å²) in [6.07, 6.45) is 2.32. The molecule has 0 N–H and O–H groups in total. The van der Waals surface area contributed by atoms with Crippen LogP contribution < -0.4 is 4.74 Å². The lowest BCUT2D eigenvalue weighted by atomic mass is 9.96. The number of carbonyl (C=O) groups is 2. The number of ether oxygens (including phenoxy) is 2. The average Bonchev–Trinajstić information content (AvgIpc) is 3.31. The number of hydrogen-bond acceptors (Lipinski definition) is 4. The van der Waals surface area contributed by atoms with Crippen LogP contribution in [0.15, 0.2) is 60.7 Å². The summed E-state index contributed by atoms with van der Waals surface area (Å²) in [6, 6.07) is 19.8. The molecule has 6 nitrogen and oxygen atoms in total. The van der Waals surface area contributed by atoms with Gasteiger partial charge in [0.05, 0.1) is 25.8 Å². The lowest BCUT2D eigenvalue weighted by Gasteiger charge is -2.30. The fraction of sp³-hybridized carbons (Fsp3) is 0.333. The maximum atomic E-state index is 12.9. The molecule has 0 saturated carbocycles. The summed E-state index contributed by atoms with van der Waals surface area (Å²) >= 11 is 6.10. The first-order valence-corrected chi connectivity index (χ1v) is 11.8. The number of piperidine rings is 1. The van der Waals surface area contributed by atoms with Crippen LogP contribution in [0.25, 0.3) is 16.9 Å². The van der Waals surface area contributed by atoms with Gasteiger partial charge >= 0.3 is 5.97 Å². The van der Waals surface area contributed by atoms with Crippen molar-refractivity contribution in [2.45, 2.75) is 25.7 Å². The fourth-order valence-electron chi connectivity index (χ4n) is 4.48. The number of carbonyl (C=O) groups excluding carboxylic acids is 2. The molecule has 2 heterocycles. The number of esters is 1. The van der Waals surface area contributed by atoms with Crippen molar-refractivity contribution < 1.29 is 19.1 Å². The van der Waals surface area contributed by atoms with Crippen LogP contribution in [0.5, 0.6) is 5.75 Å². The molecule has 3 aromatic rings. The molecule has 0 aliphatic carbocycles. The summed E-state index contributed by atoms with van der Waals surface area (Å²) in [5.41, 5.74) is 4.12. The van der Waals surface area contributed by atoms with Crippen molar-refractivity contribution in [1.29, 1.82) is 0 Å². The predicted molar refractivity (Wildman–Crippen MR) is 132 cm³/mol. The normalized spacial score (nSPS) is 14.1. The lowest BCUT2D eigenvalue weighted by molar-refractivity contribution is -0.148. The number of aryl methyl sites for hydroxylation is 1. The van der Waals surface area contributed by atoms with Gasteiger partial charge in [-0.25, -0.2) is 0 Å². The number of benzene rings is 2. The van der Waals surface area contributed by atoms with E-state index in [0.29, 0.717) is 43.8 Å². The van der Waals surface area contributed by atoms with E-state index in [2.05, 4.69) is 16.7 Å². The Morgan fingerprint density at radius 3 is 2.24 bits per heavy atom. The molecular weight excluding hydrogens is 452 g/mol. The third-order valence-corrected chi connectivity index (χ3v) is 6.66. The number of likely N-dealkylation sites (tertiary alicyclic amines) is 1. The molecular formula is C27H29ClN2O4. The van der Waals surface area contributed by atoms with Crippen molar-refractivity contribution in [1.82, 2.24) is 9.47 Å². The molecule has 2 aromatic carbocycles. The highest BCUT2D eigenvalue weighted by atomic mass is 35.5. The van der Waals surface area contributed by atoms with Crippen molar-refractivity contribution in [3.05, 3.63) is 71.4 Å². The molecule has 178 valence electrons. The Hall–Kier alpha value is -3.25. The maximum absolute atomic E-state index is 12.9. The second-order valence-corrected chi connectivity index (χ2v) is 8.86. The molecule has 1 aliphatic rings. The Balaban J connectivity index is 1.53. The molecule has 0 unspecified atom stereocenters. The summed E-state index contributed by atoms with van der Waals surface area (Å²) in [7, 11) is 3.06. The SMILES string of the molecule is COC(=O)C1CCN(C(=O)CCc2ccc(-c3ccc(Cl)cc3)n2-c2ccc(OC)cc2)CC1. The van der Waals surface area contributed by atoms with Gasteiger partial charge in [-0.05, 0) is 73.4 Å². The second-order valence-electron chi connectivity index (χ2n) is 8.43. The van der Waals surface area contributed by atoms with Gasteiger partial charge < -0.3 is 18.9 Å². The van der Waals surface area contributed by atoms with Crippen LogP contribution in [-0.4, -0.2) is 48.7 Å². The van der Waals surface area contributed by atoms with Gasteiger partial charge in [0.1, 0.15) is 5.75 Å². The van der Waals surface area contributed by atoms with Crippen molar-refractivity contribution in [3.8, 4) is 22.7 Å². The summed E-state index contributed by atoms with van der Waals surface area (Å²) in [5, 5.41) is 0.688. The van der Waals surface area contributed by atoms with Crippen LogP contribution in [-0.2, 0) is 20.7 Å². The summed E-state index contributed by atoms with van der Waals surface area (Å²) in [5.74, 6) is 0.609. The van der Waals surface area contributed by atoms with Crippen LogP contribution in [0.3, 0.4) is 0 Å². The lowest BCUT2D eigenvalue weighted by Crippen LogP contribution is -2.40. The first-order valence-electron chi connectivity index (χ1n) is 11.5. The summed E-state index contributed by atoms with van der Waals surface area (Å²) < 4.78 is 12.3. The van der Waals surface area contributed by atoms with Crippen molar-refractivity contribution in [3.63, 3.8) is 0 Å². The van der Waals surface area contributed by atoms with E-state index in [-0.39, 0.29) is 17.8 Å². The average molecular weight is 481 g/mol. The van der Waals surface area contributed by atoms with Gasteiger partial charge in [0.15, 0.2) is 0 Å². The topological polar surface area (TPSA) is 60.8 Å². The number of amides is 1. The number of aromatic nitrogens is 1. The Bertz CT molecular complexity index is 1130. The first kappa shape index (κ1) is 23.9. The van der Waals surface area contributed by atoms with E-state index >= 15 is 0 Å². The minimum atomic E-state index is -0.181. The minimum Gasteiger partial charge on any atom is -0.497 e. The highest BCUT2D eigenvalue weighted by Crippen LogP contribution is 2.29. The van der Waals surface area contributed by atoms with Crippen LogP contribution in [0.1, 0.15) is 25.0 Å². The quantitative estimate of drug-likeness (QED) is 0.439. The zero-order valence-electron chi connectivity index (χ0n) is 19.5. The minimum absolute atomic E-state index is 0.108. The number of rotatable bonds is 7. The Morgan fingerprint density at radius 2 is 1.62 bits per heavy atom. The van der Waals surface area contributed by atoms with Gasteiger partial charge in [-0.3, -0.25) is 9.59 Å². The van der Waals surface area contributed by atoms with Crippen molar-refractivity contribution in [2.24, 2.45) is 5.92 Å². The third-order valence-electron chi connectivity index (χ3n) is 6.41. The summed E-state index contributed by atoms with van der Waals surface area (Å²) in [4.78, 5) is 26.6. The number of nitrogens with zero attached hydrogens (tertiary/aromatic N) is 2. The molecule has 7 heteroatoms. The van der Waals surface area contributed by atoms with Crippen LogP contribution in [0.4, 0.5) is 0 Å². The molecule has 34 heavy (non-hydrogen) atoms. The molecule has 0 bridgehead atoms. The van der Waals surface area contributed by atoms with Gasteiger partial charge in [0.2, 0.25) is 5.91 Å². The number of methoxy groups -OCH3 is 2. The zero-order valence-corrected chi connectivity index (χ0v) is 20.3. The fourth-order valence-corrected chi connectivity index (χ4v) is 4.61. The highest BCUT2D eigenvalue weighted by molar-refractivity contribution is 6.30. The largest absolute Gasteiger partial charge is 0.497 e. The van der Waals surface area contributed by atoms with E-state index in [9.17, 15) is 9.59 Å². The van der Waals surface area contributed by atoms with Gasteiger partial charge in [0.25, 0.3) is 0 Å². The smallest absolute Gasteiger partial charge is 0.308 e. The van der Waals surface area contributed by atoms with E-state index in [1.807, 2.05) is 53.4 Å². The van der Waals surface area contributed by atoms with Crippen LogP contribution >= 0.6 is 11.6 Å². The molecule has 0 radical (unpaired) electrons. The third kappa shape index (κ3) is 5.28. The highest BCUT2D eigenvalue weighted by Gasteiger charge is 2.27. The van der Waals surface area contributed by atoms with E-state index < -0.39 is 0 Å². The molecule has 1 aliphatic heterocycles. The van der Waals surface area contributed by atoms with Crippen LogP contribution in [0.2, 0.25) is 5.02 Å². The van der Waals surface area contributed by atoms with Crippen LogP contribution in [0, 0.1) is 5.92 Å². The first-order chi connectivity index (χ1) is 16.5. The summed E-state index contributed by atoms with van der Waals surface area (Å²) in [6.45, 7) is 1.18. The van der Waals surface area contributed by atoms with Crippen molar-refractivity contribution >= 4 is 23.5 Å². The van der Waals surface area contributed by atoms with E-state index in [4.69, 9.17) is 21.1 Å². The van der Waals surface area contributed by atoms with E-state index in [1.165, 1.54) is 7.11 Å². The Kier molecular flexibility index (Phi) is 7.58. The molecule has 0 spiro atoms. The molecule has 4 rings (SSSR count). The van der Waals surface area contributed by atoms with E-state index in [1.54, 1.807) is 7.11 Å². The molecule has 1 aromatic heterocycles. The van der Waals surface area contributed by atoms with Gasteiger partial charge in [-0.1, -0.05) is 23.7 Å². The zero-order chi connectivity index (χ0) is 24.1. The Labute approximate surface area is 205 Å². The predicted octanol–water partition coefficient (Wildman–Crippen LogP) is 5.15. The van der Waals surface area contributed by atoms with Gasteiger partial charge in [-0.2, -0.15) is 0 Å². The van der Waals surface area contributed by atoms with Crippen molar-refractivity contribution in [2.75, 3.05) is 27.3 Å². The Morgan fingerprint density at radius 1 is 0.941 bits per heavy atom.